The number of ether oxygens (including phenoxy) is 2. The van der Waals surface area contributed by atoms with Crippen molar-refractivity contribution in [2.45, 2.75) is 12.3 Å². The monoisotopic (exact) mass is 372 g/mol. The second-order valence-electron chi connectivity index (χ2n) is 4.57. The molecular formula is C16H15BrClFO2. The molecule has 5 heteroatoms. The highest BCUT2D eigenvalue weighted by molar-refractivity contribution is 9.10. The van der Waals surface area contributed by atoms with Crippen molar-refractivity contribution in [2.75, 3.05) is 14.2 Å². The summed E-state index contributed by atoms with van der Waals surface area (Å²) >= 11 is 9.80. The molecule has 0 bridgehead atoms. The van der Waals surface area contributed by atoms with Gasteiger partial charge in [0.25, 0.3) is 0 Å². The van der Waals surface area contributed by atoms with Gasteiger partial charge in [-0.1, -0.05) is 12.1 Å². The average molecular weight is 374 g/mol. The predicted octanol–water partition coefficient (Wildman–Crippen LogP) is 5.24. The Morgan fingerprint density at radius 2 is 1.71 bits per heavy atom. The number of hydrogen-bond donors (Lipinski definition) is 0. The first-order valence-corrected chi connectivity index (χ1v) is 7.53. The minimum atomic E-state index is -0.491. The summed E-state index contributed by atoms with van der Waals surface area (Å²) in [6.45, 7) is 1.93. The number of halogens is 3. The van der Waals surface area contributed by atoms with Crippen molar-refractivity contribution < 1.29 is 13.9 Å². The van der Waals surface area contributed by atoms with Crippen LogP contribution in [0.4, 0.5) is 4.39 Å². The van der Waals surface area contributed by atoms with Gasteiger partial charge in [0.15, 0.2) is 11.5 Å². The van der Waals surface area contributed by atoms with Crippen molar-refractivity contribution in [3.05, 3.63) is 57.3 Å². The summed E-state index contributed by atoms with van der Waals surface area (Å²) in [6, 6.07) is 8.50. The largest absolute Gasteiger partial charge is 0.493 e. The van der Waals surface area contributed by atoms with Gasteiger partial charge in [0.2, 0.25) is 0 Å². The lowest BCUT2D eigenvalue weighted by Crippen LogP contribution is -2.01. The Morgan fingerprint density at radius 3 is 2.33 bits per heavy atom. The van der Waals surface area contributed by atoms with Crippen LogP contribution in [0.2, 0.25) is 0 Å². The summed E-state index contributed by atoms with van der Waals surface area (Å²) in [6.07, 6.45) is 0. The first kappa shape index (κ1) is 16.1. The minimum absolute atomic E-state index is 0.337. The maximum Gasteiger partial charge on any atom is 0.161 e. The predicted molar refractivity (Wildman–Crippen MR) is 86.1 cm³/mol. The van der Waals surface area contributed by atoms with Crippen molar-refractivity contribution >= 4 is 27.5 Å². The van der Waals surface area contributed by atoms with Crippen molar-refractivity contribution in [3.63, 3.8) is 0 Å². The second kappa shape index (κ2) is 6.67. The van der Waals surface area contributed by atoms with Crippen LogP contribution in [-0.2, 0) is 0 Å². The van der Waals surface area contributed by atoms with Gasteiger partial charge in [-0.05, 0) is 57.7 Å². The van der Waals surface area contributed by atoms with Crippen molar-refractivity contribution in [3.8, 4) is 11.5 Å². The smallest absolute Gasteiger partial charge is 0.161 e. The lowest BCUT2D eigenvalue weighted by atomic mass is 9.99. The molecule has 0 fully saturated rings. The van der Waals surface area contributed by atoms with Crippen molar-refractivity contribution in [1.29, 1.82) is 0 Å². The molecule has 2 aromatic carbocycles. The molecule has 0 heterocycles. The van der Waals surface area contributed by atoms with Gasteiger partial charge in [0.1, 0.15) is 5.82 Å². The zero-order valence-corrected chi connectivity index (χ0v) is 14.3. The SMILES string of the molecule is COc1cc(C)c(C(Cl)c2cccc(F)c2Br)cc1OC. The zero-order chi connectivity index (χ0) is 15.6. The number of alkyl halides is 1. The van der Waals surface area contributed by atoms with Gasteiger partial charge >= 0.3 is 0 Å². The van der Waals surface area contributed by atoms with E-state index < -0.39 is 5.38 Å². The third-order valence-electron chi connectivity index (χ3n) is 3.30. The molecule has 0 aromatic heterocycles. The standard InChI is InChI=1S/C16H15BrClFO2/c1-9-7-13(20-2)14(21-3)8-11(9)16(18)10-5-4-6-12(19)15(10)17/h4-8,16H,1-3H3. The van der Waals surface area contributed by atoms with E-state index in [-0.39, 0.29) is 5.82 Å². The van der Waals surface area contributed by atoms with E-state index in [0.717, 1.165) is 11.1 Å². The molecule has 0 spiro atoms. The summed E-state index contributed by atoms with van der Waals surface area (Å²) in [5.41, 5.74) is 2.47. The fourth-order valence-corrected chi connectivity index (χ4v) is 3.20. The summed E-state index contributed by atoms with van der Waals surface area (Å²) in [5.74, 6) is 0.897. The summed E-state index contributed by atoms with van der Waals surface area (Å²) in [5, 5.41) is -0.491. The summed E-state index contributed by atoms with van der Waals surface area (Å²) < 4.78 is 24.6. The van der Waals surface area contributed by atoms with E-state index in [9.17, 15) is 4.39 Å². The normalized spacial score (nSPS) is 12.1. The highest BCUT2D eigenvalue weighted by Crippen LogP contribution is 2.40. The van der Waals surface area contributed by atoms with Crippen LogP contribution in [0.25, 0.3) is 0 Å². The number of hydrogen-bond acceptors (Lipinski definition) is 2. The number of methoxy groups -OCH3 is 2. The molecule has 2 rings (SSSR count). The van der Waals surface area contributed by atoms with Gasteiger partial charge < -0.3 is 9.47 Å². The Morgan fingerprint density at radius 1 is 1.10 bits per heavy atom. The molecule has 0 aliphatic rings. The minimum Gasteiger partial charge on any atom is -0.493 e. The van der Waals surface area contributed by atoms with E-state index in [1.54, 1.807) is 26.4 Å². The van der Waals surface area contributed by atoms with Crippen molar-refractivity contribution in [1.82, 2.24) is 0 Å². The topological polar surface area (TPSA) is 18.5 Å². The Labute approximate surface area is 137 Å². The van der Waals surface area contributed by atoms with Gasteiger partial charge in [0, 0.05) is 0 Å². The van der Waals surface area contributed by atoms with Crippen LogP contribution in [0, 0.1) is 12.7 Å². The van der Waals surface area contributed by atoms with Gasteiger partial charge in [-0.25, -0.2) is 4.39 Å². The van der Waals surface area contributed by atoms with Gasteiger partial charge in [-0.2, -0.15) is 0 Å². The van der Waals surface area contributed by atoms with Crippen LogP contribution >= 0.6 is 27.5 Å². The van der Waals surface area contributed by atoms with E-state index in [2.05, 4.69) is 15.9 Å². The first-order valence-electron chi connectivity index (χ1n) is 6.30. The van der Waals surface area contributed by atoms with E-state index >= 15 is 0 Å². The van der Waals surface area contributed by atoms with E-state index in [0.29, 0.717) is 21.5 Å². The van der Waals surface area contributed by atoms with Crippen LogP contribution in [-0.4, -0.2) is 14.2 Å². The molecule has 2 aromatic rings. The maximum atomic E-state index is 13.7. The van der Waals surface area contributed by atoms with Crippen LogP contribution in [0.1, 0.15) is 22.1 Å². The Hall–Kier alpha value is -1.26. The Bertz CT molecular complexity index is 661. The lowest BCUT2D eigenvalue weighted by molar-refractivity contribution is 0.354. The molecule has 112 valence electrons. The summed E-state index contributed by atoms with van der Waals surface area (Å²) in [7, 11) is 3.15. The highest BCUT2D eigenvalue weighted by Gasteiger charge is 2.20. The van der Waals surface area contributed by atoms with Crippen LogP contribution < -0.4 is 9.47 Å². The first-order chi connectivity index (χ1) is 9.99. The fourth-order valence-electron chi connectivity index (χ4n) is 2.15. The van der Waals surface area contributed by atoms with Gasteiger partial charge in [0.05, 0.1) is 24.1 Å². The molecule has 1 atom stereocenters. The second-order valence-corrected chi connectivity index (χ2v) is 5.80. The maximum absolute atomic E-state index is 13.7. The van der Waals surface area contributed by atoms with Crippen LogP contribution in [0.15, 0.2) is 34.8 Å². The van der Waals surface area contributed by atoms with E-state index in [1.165, 1.54) is 6.07 Å². The molecule has 0 radical (unpaired) electrons. The van der Waals surface area contributed by atoms with Gasteiger partial charge in [-0.15, -0.1) is 11.6 Å². The van der Waals surface area contributed by atoms with E-state index in [4.69, 9.17) is 21.1 Å². The van der Waals surface area contributed by atoms with E-state index in [1.807, 2.05) is 19.1 Å². The Balaban J connectivity index is 2.53. The molecule has 21 heavy (non-hydrogen) atoms. The molecular weight excluding hydrogens is 359 g/mol. The fraction of sp³-hybridized carbons (Fsp3) is 0.250. The van der Waals surface area contributed by atoms with Crippen LogP contribution in [0.3, 0.4) is 0 Å². The van der Waals surface area contributed by atoms with Gasteiger partial charge in [-0.3, -0.25) is 0 Å². The number of benzene rings is 2. The molecule has 0 aliphatic heterocycles. The molecule has 1 unspecified atom stereocenters. The lowest BCUT2D eigenvalue weighted by Gasteiger charge is -2.18. The number of rotatable bonds is 4. The molecule has 2 nitrogen and oxygen atoms in total. The third kappa shape index (κ3) is 3.16. The third-order valence-corrected chi connectivity index (χ3v) is 4.61. The molecule has 0 amide bonds. The number of aryl methyl sites for hydroxylation is 1. The quantitative estimate of drug-likeness (QED) is 0.682. The highest BCUT2D eigenvalue weighted by atomic mass is 79.9. The van der Waals surface area contributed by atoms with Crippen LogP contribution in [0.5, 0.6) is 11.5 Å². The molecule has 0 saturated heterocycles. The Kier molecular flexibility index (Phi) is 5.12. The molecule has 0 N–H and O–H groups in total. The summed E-state index contributed by atoms with van der Waals surface area (Å²) in [4.78, 5) is 0. The molecule has 0 saturated carbocycles. The average Bonchev–Trinajstić information content (AvgIpc) is 2.49. The molecule has 0 aliphatic carbocycles. The zero-order valence-electron chi connectivity index (χ0n) is 11.9. The van der Waals surface area contributed by atoms with Crippen molar-refractivity contribution in [2.24, 2.45) is 0 Å².